The van der Waals surface area contributed by atoms with Crippen molar-refractivity contribution in [2.45, 2.75) is 0 Å². The summed E-state index contributed by atoms with van der Waals surface area (Å²) in [7, 11) is 0. The Morgan fingerprint density at radius 3 is 1.69 bits per heavy atom. The minimum absolute atomic E-state index is 0.899. The Morgan fingerprint density at radius 2 is 1.07 bits per heavy atom. The fourth-order valence-electron chi connectivity index (χ4n) is 3.60. The summed E-state index contributed by atoms with van der Waals surface area (Å²) in [5.41, 5.74) is 6.37. The number of aromatic nitrogens is 3. The maximum absolute atomic E-state index is 5.14. The van der Waals surface area contributed by atoms with Gasteiger partial charge in [0.2, 0.25) is 0 Å². The average Bonchev–Trinajstić information content (AvgIpc) is 3.22. The third-order valence-corrected chi connectivity index (χ3v) is 4.92. The van der Waals surface area contributed by atoms with Crippen molar-refractivity contribution in [2.75, 3.05) is 0 Å². The molecule has 0 atom stereocenters. The summed E-state index contributed by atoms with van der Waals surface area (Å²) in [5, 5.41) is 0. The number of imidazole rings is 1. The highest BCUT2D eigenvalue weighted by Gasteiger charge is 2.21. The Balaban J connectivity index is 1.89. The molecule has 0 bridgehead atoms. The first-order chi connectivity index (χ1) is 14.4. The highest BCUT2D eigenvalue weighted by atomic mass is 15.1. The number of hydrogen-bond donors (Lipinski definition) is 0. The molecule has 0 saturated heterocycles. The second-order valence-corrected chi connectivity index (χ2v) is 6.77. The van der Waals surface area contributed by atoms with E-state index in [1.807, 2.05) is 42.7 Å². The lowest BCUT2D eigenvalue weighted by Gasteiger charge is -2.13. The molecule has 3 aromatic carbocycles. The second-order valence-electron chi connectivity index (χ2n) is 6.77. The van der Waals surface area contributed by atoms with Gasteiger partial charge in [0, 0.05) is 34.8 Å². The van der Waals surface area contributed by atoms with Crippen LogP contribution in [0.3, 0.4) is 0 Å². The van der Waals surface area contributed by atoms with E-state index in [2.05, 4.69) is 82.3 Å². The molecule has 0 fully saturated rings. The van der Waals surface area contributed by atoms with Crippen LogP contribution in [-0.4, -0.2) is 14.5 Å². The lowest BCUT2D eigenvalue weighted by atomic mass is 10.0. The highest BCUT2D eigenvalue weighted by Crippen LogP contribution is 2.38. The van der Waals surface area contributed by atoms with Crippen LogP contribution in [0.1, 0.15) is 0 Å². The van der Waals surface area contributed by atoms with Crippen LogP contribution < -0.4 is 0 Å². The van der Waals surface area contributed by atoms with E-state index in [9.17, 15) is 0 Å². The van der Waals surface area contributed by atoms with Crippen LogP contribution >= 0.6 is 0 Å². The van der Waals surface area contributed by atoms with Gasteiger partial charge in [-0.25, -0.2) is 4.98 Å². The van der Waals surface area contributed by atoms with E-state index in [1.165, 1.54) is 0 Å². The highest BCUT2D eigenvalue weighted by molar-refractivity contribution is 5.84. The van der Waals surface area contributed by atoms with Crippen molar-refractivity contribution in [1.82, 2.24) is 14.5 Å². The number of benzene rings is 3. The summed E-state index contributed by atoms with van der Waals surface area (Å²) in [6, 6.07) is 35.2. The maximum atomic E-state index is 5.14. The molecule has 0 saturated carbocycles. The molecule has 0 aliphatic heterocycles. The fraction of sp³-hybridized carbons (Fsp3) is 0. The Morgan fingerprint density at radius 1 is 0.517 bits per heavy atom. The number of pyridine rings is 1. The molecular formula is C26H19N3. The van der Waals surface area contributed by atoms with Crippen LogP contribution in [0.15, 0.2) is 116 Å². The van der Waals surface area contributed by atoms with Gasteiger partial charge in [-0.15, -0.1) is 0 Å². The molecule has 0 radical (unpaired) electrons. The molecule has 0 unspecified atom stereocenters. The van der Waals surface area contributed by atoms with Gasteiger partial charge >= 0.3 is 0 Å². The minimum Gasteiger partial charge on any atom is -0.292 e. The average molecular weight is 373 g/mol. The summed E-state index contributed by atoms with van der Waals surface area (Å²) in [6.45, 7) is 0. The molecule has 0 aliphatic rings. The van der Waals surface area contributed by atoms with E-state index >= 15 is 0 Å². The zero-order chi connectivity index (χ0) is 19.5. The molecule has 0 spiro atoms. The van der Waals surface area contributed by atoms with Crippen LogP contribution in [0.5, 0.6) is 0 Å². The molecule has 0 amide bonds. The smallest absolute Gasteiger partial charge is 0.145 e. The third kappa shape index (κ3) is 3.23. The lowest BCUT2D eigenvalue weighted by molar-refractivity contribution is 1.07. The molecular weight excluding hydrogens is 354 g/mol. The monoisotopic (exact) mass is 373 g/mol. The topological polar surface area (TPSA) is 30.7 Å². The van der Waals surface area contributed by atoms with Gasteiger partial charge in [-0.2, -0.15) is 0 Å². The minimum atomic E-state index is 0.899. The van der Waals surface area contributed by atoms with E-state index in [0.29, 0.717) is 0 Å². The van der Waals surface area contributed by atoms with E-state index < -0.39 is 0 Å². The van der Waals surface area contributed by atoms with E-state index in [4.69, 9.17) is 4.98 Å². The lowest BCUT2D eigenvalue weighted by Crippen LogP contribution is -2.00. The molecule has 0 aliphatic carbocycles. The van der Waals surface area contributed by atoms with Gasteiger partial charge in [0.15, 0.2) is 0 Å². The van der Waals surface area contributed by atoms with Crippen LogP contribution in [0, 0.1) is 0 Å². The van der Waals surface area contributed by atoms with Crippen molar-refractivity contribution in [3.05, 3.63) is 116 Å². The standard InChI is InChI=1S/C26H19N3/c1-4-10-20(11-5-1)24-25(21-12-6-2-7-13-21)29(23-14-8-3-9-15-23)26(28-24)22-16-18-27-19-17-22/h1-19H. The maximum Gasteiger partial charge on any atom is 0.145 e. The Kier molecular flexibility index (Phi) is 4.47. The number of para-hydroxylation sites is 1. The van der Waals surface area contributed by atoms with Crippen molar-refractivity contribution in [3.63, 3.8) is 0 Å². The number of rotatable bonds is 4. The normalized spacial score (nSPS) is 10.8. The largest absolute Gasteiger partial charge is 0.292 e. The summed E-state index contributed by atoms with van der Waals surface area (Å²) < 4.78 is 2.24. The predicted molar refractivity (Wildman–Crippen MR) is 118 cm³/mol. The van der Waals surface area contributed by atoms with Crippen LogP contribution in [0.4, 0.5) is 0 Å². The molecule has 3 heteroatoms. The fourth-order valence-corrected chi connectivity index (χ4v) is 3.60. The molecule has 3 nitrogen and oxygen atoms in total. The predicted octanol–water partition coefficient (Wildman–Crippen LogP) is 6.27. The molecule has 2 aromatic heterocycles. The molecule has 0 N–H and O–H groups in total. The number of hydrogen-bond acceptors (Lipinski definition) is 2. The molecule has 5 aromatic rings. The van der Waals surface area contributed by atoms with Crippen LogP contribution in [0.2, 0.25) is 0 Å². The van der Waals surface area contributed by atoms with Crippen molar-refractivity contribution in [3.8, 4) is 39.6 Å². The zero-order valence-electron chi connectivity index (χ0n) is 15.8. The quantitative estimate of drug-likeness (QED) is 0.372. The van der Waals surface area contributed by atoms with Crippen molar-refractivity contribution >= 4 is 0 Å². The van der Waals surface area contributed by atoms with E-state index in [1.54, 1.807) is 0 Å². The first kappa shape index (κ1) is 17.1. The van der Waals surface area contributed by atoms with Gasteiger partial charge in [-0.1, -0.05) is 78.9 Å². The molecule has 5 rings (SSSR count). The van der Waals surface area contributed by atoms with Gasteiger partial charge < -0.3 is 0 Å². The third-order valence-electron chi connectivity index (χ3n) is 4.92. The molecule has 138 valence electrons. The van der Waals surface area contributed by atoms with Gasteiger partial charge in [0.05, 0.1) is 11.4 Å². The van der Waals surface area contributed by atoms with Crippen molar-refractivity contribution in [1.29, 1.82) is 0 Å². The van der Waals surface area contributed by atoms with Crippen molar-refractivity contribution in [2.24, 2.45) is 0 Å². The van der Waals surface area contributed by atoms with Crippen LogP contribution in [0.25, 0.3) is 39.6 Å². The summed E-state index contributed by atoms with van der Waals surface area (Å²) in [4.78, 5) is 9.32. The first-order valence-corrected chi connectivity index (χ1v) is 9.61. The van der Waals surface area contributed by atoms with E-state index in [0.717, 1.165) is 39.6 Å². The first-order valence-electron chi connectivity index (χ1n) is 9.61. The molecule has 2 heterocycles. The van der Waals surface area contributed by atoms with Gasteiger partial charge in [-0.3, -0.25) is 9.55 Å². The second kappa shape index (κ2) is 7.56. The van der Waals surface area contributed by atoms with Gasteiger partial charge in [0.25, 0.3) is 0 Å². The number of nitrogens with zero attached hydrogens (tertiary/aromatic N) is 3. The van der Waals surface area contributed by atoms with Gasteiger partial charge in [0.1, 0.15) is 5.82 Å². The summed E-state index contributed by atoms with van der Waals surface area (Å²) in [6.07, 6.45) is 3.62. The van der Waals surface area contributed by atoms with E-state index in [-0.39, 0.29) is 0 Å². The van der Waals surface area contributed by atoms with Gasteiger partial charge in [-0.05, 0) is 24.3 Å². The summed E-state index contributed by atoms with van der Waals surface area (Å²) in [5.74, 6) is 0.899. The van der Waals surface area contributed by atoms with Crippen LogP contribution in [-0.2, 0) is 0 Å². The summed E-state index contributed by atoms with van der Waals surface area (Å²) >= 11 is 0. The Hall–Kier alpha value is -3.98. The van der Waals surface area contributed by atoms with Crippen molar-refractivity contribution < 1.29 is 0 Å². The Bertz CT molecular complexity index is 1120. The zero-order valence-corrected chi connectivity index (χ0v) is 15.8. The SMILES string of the molecule is c1ccc(-c2nc(-c3ccncc3)n(-c3ccccc3)c2-c2ccccc2)cc1. The molecule has 29 heavy (non-hydrogen) atoms. The Labute approximate surface area is 170 Å².